The predicted molar refractivity (Wildman–Crippen MR) is 114 cm³/mol. The first-order valence-electron chi connectivity index (χ1n) is 10.8. The SMILES string of the molecule is CCOC1OC(C(=O)NCC2CC2)=CC(c2ccsc2)C1CCOCCOCCO. The lowest BCUT2D eigenvalue weighted by Gasteiger charge is -2.36. The fourth-order valence-corrected chi connectivity index (χ4v) is 4.24. The number of rotatable bonds is 14. The Balaban J connectivity index is 1.64. The molecule has 30 heavy (non-hydrogen) atoms. The summed E-state index contributed by atoms with van der Waals surface area (Å²) in [6.07, 6.45) is 4.55. The maximum atomic E-state index is 12.7. The Morgan fingerprint density at radius 2 is 2.07 bits per heavy atom. The molecule has 0 radical (unpaired) electrons. The van der Waals surface area contributed by atoms with E-state index in [9.17, 15) is 4.79 Å². The van der Waals surface area contributed by atoms with Gasteiger partial charge >= 0.3 is 0 Å². The summed E-state index contributed by atoms with van der Waals surface area (Å²) in [7, 11) is 0. The van der Waals surface area contributed by atoms with Crippen LogP contribution >= 0.6 is 11.3 Å². The van der Waals surface area contributed by atoms with Crippen LogP contribution in [0.5, 0.6) is 0 Å². The average molecular weight is 440 g/mol. The molecule has 3 unspecified atom stereocenters. The van der Waals surface area contributed by atoms with Crippen LogP contribution in [0.15, 0.2) is 28.7 Å². The number of amides is 1. The van der Waals surface area contributed by atoms with Gasteiger partial charge in [0.25, 0.3) is 5.91 Å². The minimum Gasteiger partial charge on any atom is -0.459 e. The maximum absolute atomic E-state index is 12.7. The zero-order chi connectivity index (χ0) is 21.2. The number of nitrogens with one attached hydrogen (secondary N) is 1. The molecule has 168 valence electrons. The van der Waals surface area contributed by atoms with Gasteiger partial charge in [0.05, 0.1) is 26.4 Å². The van der Waals surface area contributed by atoms with E-state index < -0.39 is 6.29 Å². The van der Waals surface area contributed by atoms with E-state index in [2.05, 4.69) is 16.8 Å². The fourth-order valence-electron chi connectivity index (χ4n) is 3.53. The number of carbonyl (C=O) groups excluding carboxylic acids is 1. The summed E-state index contributed by atoms with van der Waals surface area (Å²) >= 11 is 1.64. The van der Waals surface area contributed by atoms with E-state index >= 15 is 0 Å². The van der Waals surface area contributed by atoms with Crippen molar-refractivity contribution in [1.82, 2.24) is 5.32 Å². The van der Waals surface area contributed by atoms with Crippen molar-refractivity contribution in [3.63, 3.8) is 0 Å². The van der Waals surface area contributed by atoms with Crippen LogP contribution in [0, 0.1) is 11.8 Å². The topological polar surface area (TPSA) is 86.3 Å². The standard InChI is InChI=1S/C22H33NO6S/c1-2-28-22-18(5-8-26-10-11-27-9-7-24)19(17-6-12-30-15-17)13-20(29-22)21(25)23-14-16-3-4-16/h6,12-13,15-16,18-19,22,24H,2-5,7-11,14H2,1H3,(H,23,25). The molecule has 0 spiro atoms. The van der Waals surface area contributed by atoms with Crippen molar-refractivity contribution < 1.29 is 28.8 Å². The molecule has 3 rings (SSSR count). The highest BCUT2D eigenvalue weighted by atomic mass is 32.1. The molecular formula is C22H33NO6S. The van der Waals surface area contributed by atoms with Crippen molar-refractivity contribution in [3.05, 3.63) is 34.2 Å². The second-order valence-electron chi connectivity index (χ2n) is 7.61. The highest BCUT2D eigenvalue weighted by Gasteiger charge is 2.38. The Morgan fingerprint density at radius 3 is 2.73 bits per heavy atom. The van der Waals surface area contributed by atoms with Crippen LogP contribution in [0.1, 0.15) is 37.7 Å². The third-order valence-corrected chi connectivity index (χ3v) is 6.02. The highest BCUT2D eigenvalue weighted by Crippen LogP contribution is 2.39. The van der Waals surface area contributed by atoms with Crippen LogP contribution in [0.3, 0.4) is 0 Å². The molecule has 3 atom stereocenters. The summed E-state index contributed by atoms with van der Waals surface area (Å²) in [5.74, 6) is 0.859. The monoisotopic (exact) mass is 439 g/mol. The van der Waals surface area contributed by atoms with Crippen molar-refractivity contribution in [2.24, 2.45) is 11.8 Å². The van der Waals surface area contributed by atoms with Crippen LogP contribution in [0.4, 0.5) is 0 Å². The molecule has 1 aliphatic carbocycles. The van der Waals surface area contributed by atoms with E-state index in [-0.39, 0.29) is 24.3 Å². The van der Waals surface area contributed by atoms with Crippen molar-refractivity contribution in [2.45, 2.75) is 38.4 Å². The van der Waals surface area contributed by atoms with Gasteiger partial charge in [-0.2, -0.15) is 11.3 Å². The van der Waals surface area contributed by atoms with Crippen molar-refractivity contribution in [1.29, 1.82) is 0 Å². The smallest absolute Gasteiger partial charge is 0.286 e. The quantitative estimate of drug-likeness (QED) is 0.434. The number of thiophene rings is 1. The predicted octanol–water partition coefficient (Wildman–Crippen LogP) is 2.67. The molecule has 0 aromatic carbocycles. The molecule has 0 saturated heterocycles. The van der Waals surface area contributed by atoms with E-state index in [0.29, 0.717) is 51.3 Å². The highest BCUT2D eigenvalue weighted by molar-refractivity contribution is 7.08. The van der Waals surface area contributed by atoms with Gasteiger partial charge in [-0.05, 0) is 60.6 Å². The second kappa shape index (κ2) is 12.4. The van der Waals surface area contributed by atoms with Crippen LogP contribution in [-0.2, 0) is 23.7 Å². The molecule has 1 aromatic rings. The third-order valence-electron chi connectivity index (χ3n) is 5.32. The lowest BCUT2D eigenvalue weighted by Crippen LogP contribution is -2.39. The minimum atomic E-state index is -0.499. The van der Waals surface area contributed by atoms with Gasteiger partial charge in [-0.1, -0.05) is 0 Å². The largest absolute Gasteiger partial charge is 0.459 e. The van der Waals surface area contributed by atoms with Gasteiger partial charge in [0.15, 0.2) is 5.76 Å². The van der Waals surface area contributed by atoms with Crippen molar-refractivity contribution >= 4 is 17.2 Å². The molecule has 2 N–H and O–H groups in total. The molecule has 2 aliphatic rings. The third kappa shape index (κ3) is 7.06. The summed E-state index contributed by atoms with van der Waals surface area (Å²) in [4.78, 5) is 12.7. The van der Waals surface area contributed by atoms with Gasteiger partial charge in [-0.15, -0.1) is 0 Å². The van der Waals surface area contributed by atoms with Gasteiger partial charge in [0.1, 0.15) is 0 Å². The molecule has 8 heteroatoms. The van der Waals surface area contributed by atoms with Crippen LogP contribution in [0.25, 0.3) is 0 Å². The normalized spacial score (nSPS) is 23.7. The van der Waals surface area contributed by atoms with Crippen LogP contribution < -0.4 is 5.32 Å². The van der Waals surface area contributed by atoms with Gasteiger partial charge in [-0.25, -0.2) is 0 Å². The number of aliphatic hydroxyl groups is 1. The van der Waals surface area contributed by atoms with E-state index in [1.807, 2.05) is 18.4 Å². The second-order valence-corrected chi connectivity index (χ2v) is 8.39. The van der Waals surface area contributed by atoms with E-state index in [1.54, 1.807) is 11.3 Å². The van der Waals surface area contributed by atoms with E-state index in [1.165, 1.54) is 12.8 Å². The molecule has 1 saturated carbocycles. The Hall–Kier alpha value is -1.45. The van der Waals surface area contributed by atoms with Crippen LogP contribution in [0.2, 0.25) is 0 Å². The first-order chi connectivity index (χ1) is 14.7. The van der Waals surface area contributed by atoms with E-state index in [4.69, 9.17) is 24.1 Å². The maximum Gasteiger partial charge on any atom is 0.286 e. The first kappa shape index (κ1) is 23.2. The summed E-state index contributed by atoms with van der Waals surface area (Å²) in [6.45, 7) is 4.94. The average Bonchev–Trinajstić information content (AvgIpc) is 3.43. The zero-order valence-electron chi connectivity index (χ0n) is 17.6. The lowest BCUT2D eigenvalue weighted by atomic mass is 9.82. The van der Waals surface area contributed by atoms with Gasteiger partial charge in [0.2, 0.25) is 6.29 Å². The van der Waals surface area contributed by atoms with Crippen LogP contribution in [-0.4, -0.2) is 63.5 Å². The molecule has 2 heterocycles. The van der Waals surface area contributed by atoms with Gasteiger partial charge in [-0.3, -0.25) is 4.79 Å². The molecule has 1 aromatic heterocycles. The first-order valence-corrected chi connectivity index (χ1v) is 11.7. The Labute approximate surface area is 182 Å². The number of hydrogen-bond donors (Lipinski definition) is 2. The summed E-state index contributed by atoms with van der Waals surface area (Å²) < 4.78 is 22.8. The van der Waals surface area contributed by atoms with Gasteiger partial charge < -0.3 is 29.4 Å². The summed E-state index contributed by atoms with van der Waals surface area (Å²) in [6, 6.07) is 2.09. The Bertz CT molecular complexity index is 661. The number of aliphatic hydroxyl groups excluding tert-OH is 1. The number of carbonyl (C=O) groups is 1. The fraction of sp³-hybridized carbons (Fsp3) is 0.682. The molecule has 0 bridgehead atoms. The summed E-state index contributed by atoms with van der Waals surface area (Å²) in [5, 5.41) is 15.9. The van der Waals surface area contributed by atoms with Gasteiger partial charge in [0, 0.05) is 31.6 Å². The van der Waals surface area contributed by atoms with E-state index in [0.717, 1.165) is 12.0 Å². The molecule has 1 amide bonds. The lowest BCUT2D eigenvalue weighted by molar-refractivity contribution is -0.168. The number of allylic oxidation sites excluding steroid dienone is 1. The zero-order valence-corrected chi connectivity index (χ0v) is 18.4. The Kier molecular flexibility index (Phi) is 9.61. The Morgan fingerprint density at radius 1 is 1.27 bits per heavy atom. The number of hydrogen-bond acceptors (Lipinski definition) is 7. The molecule has 1 fully saturated rings. The van der Waals surface area contributed by atoms with Crippen molar-refractivity contribution in [2.75, 3.05) is 46.2 Å². The summed E-state index contributed by atoms with van der Waals surface area (Å²) in [5.41, 5.74) is 1.16. The minimum absolute atomic E-state index is 0.0146. The molecule has 7 nitrogen and oxygen atoms in total. The van der Waals surface area contributed by atoms with Crippen molar-refractivity contribution in [3.8, 4) is 0 Å². The number of ether oxygens (including phenoxy) is 4. The molecule has 1 aliphatic heterocycles. The molecular weight excluding hydrogens is 406 g/mol.